The summed E-state index contributed by atoms with van der Waals surface area (Å²) in [7, 11) is -4.37. The highest BCUT2D eigenvalue weighted by Gasteiger charge is 2.58. The summed E-state index contributed by atoms with van der Waals surface area (Å²) in [5, 5.41) is 4.25. The highest BCUT2D eigenvalue weighted by Crippen LogP contribution is 2.50. The predicted molar refractivity (Wildman–Crippen MR) is 165 cm³/mol. The van der Waals surface area contributed by atoms with Gasteiger partial charge in [-0.3, -0.25) is 13.9 Å². The third kappa shape index (κ3) is 6.36. The molecule has 3 unspecified atom stereocenters. The number of hydrogen-bond acceptors (Lipinski definition) is 13. The third-order valence-electron chi connectivity index (χ3n) is 7.44. The van der Waals surface area contributed by atoms with E-state index in [4.69, 9.17) is 33.7 Å². The van der Waals surface area contributed by atoms with Gasteiger partial charge in [0.05, 0.1) is 19.0 Å². The lowest BCUT2D eigenvalue weighted by atomic mass is 9.99. The number of ether oxygens (including phenoxy) is 4. The van der Waals surface area contributed by atoms with Crippen molar-refractivity contribution in [2.75, 3.05) is 12.3 Å². The molecule has 7 atom stereocenters. The lowest BCUT2D eigenvalue weighted by Crippen LogP contribution is -2.41. The number of imidazole rings is 1. The summed E-state index contributed by atoms with van der Waals surface area (Å²) in [5.41, 5.74) is 6.36. The number of carbonyl (C=O) groups is 2. The molecule has 15 nitrogen and oxygen atoms in total. The topological polar surface area (TPSA) is 188 Å². The van der Waals surface area contributed by atoms with Crippen LogP contribution in [0.2, 0.25) is 0 Å². The number of fused-ring (bicyclic) bond motifs is 3. The van der Waals surface area contributed by atoms with E-state index in [1.807, 2.05) is 51.1 Å². The van der Waals surface area contributed by atoms with Crippen LogP contribution in [-0.4, -0.2) is 68.7 Å². The highest BCUT2D eigenvalue weighted by molar-refractivity contribution is 7.52. The molecule has 2 aliphatic rings. The molecular formula is C30H35N6O9P. The van der Waals surface area contributed by atoms with Gasteiger partial charge in [0.1, 0.15) is 29.7 Å². The van der Waals surface area contributed by atoms with Crippen LogP contribution in [0, 0.1) is 5.41 Å². The fourth-order valence-corrected chi connectivity index (χ4v) is 7.01. The van der Waals surface area contributed by atoms with Crippen LogP contribution in [0.4, 0.5) is 10.6 Å². The molecular weight excluding hydrogens is 619 g/mol. The summed E-state index contributed by atoms with van der Waals surface area (Å²) in [6.45, 7) is 9.01. The van der Waals surface area contributed by atoms with E-state index in [9.17, 15) is 14.2 Å². The van der Waals surface area contributed by atoms with Crippen LogP contribution in [-0.2, 0) is 32.8 Å². The Morgan fingerprint density at radius 1 is 1.09 bits per heavy atom. The molecule has 0 radical (unpaired) electrons. The maximum atomic E-state index is 14.6. The summed E-state index contributed by atoms with van der Waals surface area (Å²) in [6.07, 6.45) is -3.02. The van der Waals surface area contributed by atoms with Gasteiger partial charge in [-0.15, -0.1) is 0 Å². The maximum Gasteiger partial charge on any atom is 0.509 e. The van der Waals surface area contributed by atoms with Gasteiger partial charge in [-0.25, -0.2) is 24.3 Å². The molecule has 2 saturated heterocycles. The summed E-state index contributed by atoms with van der Waals surface area (Å²) in [5.74, 6) is -0.215. The van der Waals surface area contributed by atoms with E-state index in [2.05, 4.69) is 20.0 Å². The van der Waals surface area contributed by atoms with E-state index in [-0.39, 0.29) is 23.6 Å². The van der Waals surface area contributed by atoms with Crippen molar-refractivity contribution in [1.29, 1.82) is 0 Å². The van der Waals surface area contributed by atoms with E-state index in [1.54, 1.807) is 23.6 Å². The Balaban J connectivity index is 1.29. The first kappa shape index (κ1) is 31.7. The third-order valence-corrected chi connectivity index (χ3v) is 9.19. The fraction of sp³-hybridized carbons (Fsp3) is 0.433. The second-order valence-corrected chi connectivity index (χ2v) is 14.0. The Morgan fingerprint density at radius 2 is 1.83 bits per heavy atom. The summed E-state index contributed by atoms with van der Waals surface area (Å²) >= 11 is 0. The molecule has 16 heteroatoms. The van der Waals surface area contributed by atoms with Crippen molar-refractivity contribution in [2.45, 2.75) is 71.3 Å². The quantitative estimate of drug-likeness (QED) is 0.179. The van der Waals surface area contributed by atoms with Gasteiger partial charge in [0, 0.05) is 5.39 Å². The van der Waals surface area contributed by atoms with E-state index >= 15 is 0 Å². The lowest BCUT2D eigenvalue weighted by molar-refractivity contribution is -0.148. The molecule has 6 rings (SSSR count). The Bertz CT molecular complexity index is 1820. The highest BCUT2D eigenvalue weighted by atomic mass is 31.2. The predicted octanol–water partition coefficient (Wildman–Crippen LogP) is 4.52. The first-order valence-corrected chi connectivity index (χ1v) is 16.2. The molecule has 4 aromatic rings. The zero-order valence-electron chi connectivity index (χ0n) is 25.9. The Kier molecular flexibility index (Phi) is 8.36. The molecule has 2 fully saturated rings. The molecule has 0 amide bonds. The largest absolute Gasteiger partial charge is 0.509 e. The second kappa shape index (κ2) is 12.1. The minimum absolute atomic E-state index is 0.148. The number of aromatic nitrogens is 4. The van der Waals surface area contributed by atoms with Crippen molar-refractivity contribution in [2.24, 2.45) is 5.41 Å². The van der Waals surface area contributed by atoms with Crippen LogP contribution >= 0.6 is 7.75 Å². The summed E-state index contributed by atoms with van der Waals surface area (Å²) in [4.78, 5) is 37.7. The van der Waals surface area contributed by atoms with Crippen molar-refractivity contribution in [3.63, 3.8) is 0 Å². The van der Waals surface area contributed by atoms with E-state index < -0.39 is 56.6 Å². The molecule has 46 heavy (non-hydrogen) atoms. The molecule has 0 bridgehead atoms. The number of benzene rings is 2. The number of nitrogen functional groups attached to an aromatic ring is 1. The van der Waals surface area contributed by atoms with Gasteiger partial charge in [0.2, 0.25) is 0 Å². The van der Waals surface area contributed by atoms with Crippen molar-refractivity contribution in [3.8, 4) is 5.75 Å². The smallest absolute Gasteiger partial charge is 0.464 e. The number of nitrogens with zero attached hydrogens (tertiary/aromatic N) is 4. The lowest BCUT2D eigenvalue weighted by Gasteiger charge is -2.29. The van der Waals surface area contributed by atoms with Gasteiger partial charge in [-0.2, -0.15) is 5.09 Å². The number of hydrogen-bond donors (Lipinski definition) is 2. The standard InChI is InChI=1S/C30H35N6O9P/c1-16(28(37)40-13-30(3,4)5)35-46(39,45-20-12-8-10-18-9-6-7-11-19(18)20)44-17(2)22-23-24(43-29(38)42-23)27(41-22)36-15-34-21-25(31)32-14-33-26(21)36/h6-12,14-17,22-24,27H,13H2,1-5H3,(H,35,39)(H2,31,32,33)/t16?,17?,22-,23-,24-,27-,46?/m1/s1. The number of anilines is 1. The normalized spacial score (nSPS) is 23.7. The van der Waals surface area contributed by atoms with Crippen LogP contribution in [0.15, 0.2) is 55.1 Å². The Morgan fingerprint density at radius 3 is 2.61 bits per heavy atom. The number of carbonyl (C=O) groups excluding carboxylic acids is 2. The van der Waals surface area contributed by atoms with E-state index in [1.165, 1.54) is 19.6 Å². The summed E-state index contributed by atoms with van der Waals surface area (Å²) < 4.78 is 51.1. The number of nitrogens with one attached hydrogen (secondary N) is 1. The van der Waals surface area contributed by atoms with Gasteiger partial charge < -0.3 is 29.2 Å². The zero-order valence-corrected chi connectivity index (χ0v) is 26.7. The Labute approximate surface area is 264 Å². The zero-order chi connectivity index (χ0) is 32.8. The molecule has 2 aromatic carbocycles. The first-order valence-electron chi connectivity index (χ1n) is 14.7. The van der Waals surface area contributed by atoms with Gasteiger partial charge in [0.15, 0.2) is 29.9 Å². The minimum atomic E-state index is -4.37. The van der Waals surface area contributed by atoms with Gasteiger partial charge >= 0.3 is 19.9 Å². The number of nitrogens with two attached hydrogens (primary N) is 1. The molecule has 0 aliphatic carbocycles. The van der Waals surface area contributed by atoms with Gasteiger partial charge in [-0.1, -0.05) is 57.2 Å². The molecule has 0 spiro atoms. The molecule has 0 saturated carbocycles. The molecule has 4 heterocycles. The van der Waals surface area contributed by atoms with Gasteiger partial charge in [0.25, 0.3) is 0 Å². The molecule has 3 N–H and O–H groups in total. The van der Waals surface area contributed by atoms with Crippen molar-refractivity contribution >= 4 is 47.6 Å². The van der Waals surface area contributed by atoms with Crippen LogP contribution < -0.4 is 15.3 Å². The minimum Gasteiger partial charge on any atom is -0.464 e. The SMILES string of the molecule is CC(NP(=O)(Oc1cccc2ccccc12)OC(C)[C@H]1O[C@@H](n2cnc3c(N)ncnc32)[C@@H]2OC(=O)O[C@@H]21)C(=O)OCC(C)(C)C. The van der Waals surface area contributed by atoms with E-state index in [0.717, 1.165) is 5.39 Å². The molecule has 244 valence electrons. The molecule has 2 aliphatic heterocycles. The average Bonchev–Trinajstić information content (AvgIpc) is 3.69. The van der Waals surface area contributed by atoms with Crippen molar-refractivity contribution < 1.29 is 42.1 Å². The fourth-order valence-electron chi connectivity index (χ4n) is 5.30. The van der Waals surface area contributed by atoms with Crippen LogP contribution in [0.25, 0.3) is 21.9 Å². The Hall–Kier alpha value is -4.30. The number of esters is 1. The first-order chi connectivity index (χ1) is 21.8. The summed E-state index contributed by atoms with van der Waals surface area (Å²) in [6, 6.07) is 11.6. The number of rotatable bonds is 10. The maximum absolute atomic E-state index is 14.6. The van der Waals surface area contributed by atoms with Crippen molar-refractivity contribution in [3.05, 3.63) is 55.1 Å². The monoisotopic (exact) mass is 654 g/mol. The van der Waals surface area contributed by atoms with Crippen LogP contribution in [0.5, 0.6) is 5.75 Å². The van der Waals surface area contributed by atoms with E-state index in [0.29, 0.717) is 16.6 Å². The second-order valence-electron chi connectivity index (χ2n) is 12.4. The van der Waals surface area contributed by atoms with Crippen LogP contribution in [0.3, 0.4) is 0 Å². The van der Waals surface area contributed by atoms with Crippen molar-refractivity contribution in [1.82, 2.24) is 24.6 Å². The molecule has 2 aromatic heterocycles. The van der Waals surface area contributed by atoms with Crippen LogP contribution in [0.1, 0.15) is 40.8 Å². The average molecular weight is 655 g/mol. The van der Waals surface area contributed by atoms with Gasteiger partial charge in [-0.05, 0) is 30.7 Å².